The van der Waals surface area contributed by atoms with E-state index in [2.05, 4.69) is 0 Å². The predicted octanol–water partition coefficient (Wildman–Crippen LogP) is 2.20. The van der Waals surface area contributed by atoms with Gasteiger partial charge in [0.05, 0.1) is 6.04 Å². The number of carboxylic acid groups (broad SMARTS) is 1. The maximum Gasteiger partial charge on any atom is 0.343 e. The van der Waals surface area contributed by atoms with Gasteiger partial charge in [0.25, 0.3) is 0 Å². The van der Waals surface area contributed by atoms with Crippen LogP contribution < -0.4 is 4.74 Å². The van der Waals surface area contributed by atoms with Crippen LogP contribution in [0.1, 0.15) is 17.2 Å². The van der Waals surface area contributed by atoms with Gasteiger partial charge in [0, 0.05) is 5.56 Å². The Balaban J connectivity index is 2.14. The van der Waals surface area contributed by atoms with E-state index in [0.717, 1.165) is 16.3 Å². The van der Waals surface area contributed by atoms with Crippen molar-refractivity contribution >= 4 is 22.7 Å². The first-order valence-corrected chi connectivity index (χ1v) is 9.35. The summed E-state index contributed by atoms with van der Waals surface area (Å²) >= 11 is 0. The van der Waals surface area contributed by atoms with E-state index in [9.17, 15) is 19.8 Å². The van der Waals surface area contributed by atoms with Crippen molar-refractivity contribution in [3.05, 3.63) is 77.9 Å². The smallest absolute Gasteiger partial charge is 0.343 e. The fraction of sp³-hybridized carbons (Fsp3) is 0.217. The van der Waals surface area contributed by atoms with E-state index >= 15 is 0 Å². The maximum absolute atomic E-state index is 12.4. The van der Waals surface area contributed by atoms with Gasteiger partial charge in [0.2, 0.25) is 0 Å². The SMILES string of the molecule is CN(C)C(c1ccccc1)c1c(OC(=O)C(O)C(O)C(=O)O)ccc2ccccc12. The average Bonchev–Trinajstić information content (AvgIpc) is 2.74. The third-order valence-electron chi connectivity index (χ3n) is 4.84. The van der Waals surface area contributed by atoms with Gasteiger partial charge in [-0.05, 0) is 36.5 Å². The third-order valence-corrected chi connectivity index (χ3v) is 4.84. The number of benzene rings is 3. The van der Waals surface area contributed by atoms with Gasteiger partial charge in [0.1, 0.15) is 5.75 Å². The number of carbonyl (C=O) groups excluding carboxylic acids is 1. The first-order valence-electron chi connectivity index (χ1n) is 9.35. The molecule has 156 valence electrons. The number of aliphatic hydroxyl groups excluding tert-OH is 2. The molecule has 0 spiro atoms. The zero-order chi connectivity index (χ0) is 21.8. The molecule has 0 aromatic heterocycles. The quantitative estimate of drug-likeness (QED) is 0.406. The highest BCUT2D eigenvalue weighted by molar-refractivity contribution is 5.91. The summed E-state index contributed by atoms with van der Waals surface area (Å²) in [5, 5.41) is 30.0. The van der Waals surface area contributed by atoms with Crippen LogP contribution in [0.3, 0.4) is 0 Å². The number of esters is 1. The number of fused-ring (bicyclic) bond motifs is 1. The first-order chi connectivity index (χ1) is 14.3. The lowest BCUT2D eigenvalue weighted by Crippen LogP contribution is -2.42. The molecule has 3 atom stereocenters. The van der Waals surface area contributed by atoms with E-state index in [-0.39, 0.29) is 11.8 Å². The molecule has 3 aromatic rings. The molecule has 0 aliphatic heterocycles. The Kier molecular flexibility index (Phi) is 6.47. The first kappa shape index (κ1) is 21.4. The molecule has 30 heavy (non-hydrogen) atoms. The summed E-state index contributed by atoms with van der Waals surface area (Å²) in [5.74, 6) is -2.78. The van der Waals surface area contributed by atoms with Crippen LogP contribution in [0, 0.1) is 0 Å². The minimum atomic E-state index is -2.28. The molecule has 7 heteroatoms. The maximum atomic E-state index is 12.4. The molecule has 3 unspecified atom stereocenters. The van der Waals surface area contributed by atoms with Crippen LogP contribution in [-0.2, 0) is 9.59 Å². The largest absolute Gasteiger partial charge is 0.479 e. The Bertz CT molecular complexity index is 1050. The highest BCUT2D eigenvalue weighted by atomic mass is 16.6. The van der Waals surface area contributed by atoms with Gasteiger partial charge in [-0.15, -0.1) is 0 Å². The molecule has 3 rings (SSSR count). The minimum absolute atomic E-state index is 0.179. The monoisotopic (exact) mass is 409 g/mol. The number of aliphatic hydroxyl groups is 2. The van der Waals surface area contributed by atoms with Gasteiger partial charge >= 0.3 is 11.9 Å². The van der Waals surface area contributed by atoms with E-state index in [0.29, 0.717) is 5.56 Å². The number of carbonyl (C=O) groups is 2. The number of ether oxygens (including phenoxy) is 1. The predicted molar refractivity (Wildman–Crippen MR) is 111 cm³/mol. The fourth-order valence-electron chi connectivity index (χ4n) is 3.44. The van der Waals surface area contributed by atoms with Crippen molar-refractivity contribution in [2.75, 3.05) is 14.1 Å². The zero-order valence-corrected chi connectivity index (χ0v) is 16.6. The molecule has 0 saturated heterocycles. The highest BCUT2D eigenvalue weighted by Crippen LogP contribution is 2.39. The number of hydrogen-bond donors (Lipinski definition) is 3. The van der Waals surface area contributed by atoms with Gasteiger partial charge in [-0.2, -0.15) is 0 Å². The Labute approximate surface area is 173 Å². The van der Waals surface area contributed by atoms with Crippen LogP contribution in [0.4, 0.5) is 0 Å². The lowest BCUT2D eigenvalue weighted by molar-refractivity contribution is -0.164. The molecule has 0 amide bonds. The van der Waals surface area contributed by atoms with Crippen LogP contribution >= 0.6 is 0 Å². The standard InChI is InChI=1S/C23H23NO6/c1-24(2)19(15-9-4-3-5-10-15)18-16-11-7-6-8-14(16)12-13-17(18)30-23(29)21(26)20(25)22(27)28/h3-13,19-21,25-26H,1-2H3,(H,27,28). The molecule has 0 aliphatic rings. The van der Waals surface area contributed by atoms with Crippen molar-refractivity contribution in [1.82, 2.24) is 4.90 Å². The molecule has 0 fully saturated rings. The Morgan fingerprint density at radius 1 is 0.867 bits per heavy atom. The number of carboxylic acids is 1. The lowest BCUT2D eigenvalue weighted by atomic mass is 9.92. The molecular formula is C23H23NO6. The van der Waals surface area contributed by atoms with Crippen LogP contribution in [0.2, 0.25) is 0 Å². The van der Waals surface area contributed by atoms with E-state index < -0.39 is 24.1 Å². The summed E-state index contributed by atoms with van der Waals surface area (Å²) in [6, 6.07) is 20.4. The molecule has 0 bridgehead atoms. The molecular weight excluding hydrogens is 386 g/mol. The van der Waals surface area contributed by atoms with Gasteiger partial charge in [-0.3, -0.25) is 4.90 Å². The van der Waals surface area contributed by atoms with Crippen molar-refractivity contribution < 1.29 is 29.6 Å². The molecule has 0 saturated carbocycles. The number of aliphatic carboxylic acids is 1. The minimum Gasteiger partial charge on any atom is -0.479 e. The summed E-state index contributed by atoms with van der Waals surface area (Å²) < 4.78 is 5.40. The Morgan fingerprint density at radius 2 is 1.50 bits per heavy atom. The molecule has 0 aliphatic carbocycles. The van der Waals surface area contributed by atoms with Crippen molar-refractivity contribution in [3.63, 3.8) is 0 Å². The summed E-state index contributed by atoms with van der Waals surface area (Å²) in [6.45, 7) is 0. The van der Waals surface area contributed by atoms with Crippen LogP contribution in [-0.4, -0.2) is 58.5 Å². The van der Waals surface area contributed by atoms with Gasteiger partial charge in [-0.1, -0.05) is 60.7 Å². The summed E-state index contributed by atoms with van der Waals surface area (Å²) in [7, 11) is 3.79. The van der Waals surface area contributed by atoms with Gasteiger partial charge in [0.15, 0.2) is 12.2 Å². The van der Waals surface area contributed by atoms with Gasteiger partial charge < -0.3 is 20.1 Å². The molecule has 3 N–H and O–H groups in total. The van der Waals surface area contributed by atoms with E-state index in [1.165, 1.54) is 0 Å². The second-order valence-electron chi connectivity index (χ2n) is 7.12. The van der Waals surface area contributed by atoms with E-state index in [1.807, 2.05) is 73.6 Å². The fourth-order valence-corrected chi connectivity index (χ4v) is 3.44. The second kappa shape index (κ2) is 9.04. The topological polar surface area (TPSA) is 107 Å². The van der Waals surface area contributed by atoms with E-state index in [4.69, 9.17) is 9.84 Å². The van der Waals surface area contributed by atoms with Crippen molar-refractivity contribution in [1.29, 1.82) is 0 Å². The third kappa shape index (κ3) is 4.33. The summed E-state index contributed by atoms with van der Waals surface area (Å²) in [4.78, 5) is 25.2. The number of hydrogen-bond acceptors (Lipinski definition) is 6. The summed E-state index contributed by atoms with van der Waals surface area (Å²) in [5.41, 5.74) is 1.65. The van der Waals surface area contributed by atoms with Crippen molar-refractivity contribution in [2.45, 2.75) is 18.2 Å². The normalized spacial score (nSPS) is 14.3. The number of rotatable bonds is 7. The second-order valence-corrected chi connectivity index (χ2v) is 7.12. The summed E-state index contributed by atoms with van der Waals surface area (Å²) in [6.07, 6.45) is -4.49. The highest BCUT2D eigenvalue weighted by Gasteiger charge is 2.33. The van der Waals surface area contributed by atoms with Crippen molar-refractivity contribution in [2.24, 2.45) is 0 Å². The molecule has 3 aromatic carbocycles. The molecule has 0 heterocycles. The van der Waals surface area contributed by atoms with Crippen LogP contribution in [0.25, 0.3) is 10.8 Å². The van der Waals surface area contributed by atoms with Gasteiger partial charge in [-0.25, -0.2) is 9.59 Å². The lowest BCUT2D eigenvalue weighted by Gasteiger charge is -2.28. The molecule has 0 radical (unpaired) electrons. The Morgan fingerprint density at radius 3 is 2.13 bits per heavy atom. The average molecular weight is 409 g/mol. The van der Waals surface area contributed by atoms with Crippen LogP contribution in [0.5, 0.6) is 5.75 Å². The molecule has 7 nitrogen and oxygen atoms in total. The number of nitrogens with zero attached hydrogens (tertiary/aromatic N) is 1. The van der Waals surface area contributed by atoms with Crippen LogP contribution in [0.15, 0.2) is 66.7 Å². The van der Waals surface area contributed by atoms with Crippen molar-refractivity contribution in [3.8, 4) is 5.75 Å². The van der Waals surface area contributed by atoms with E-state index in [1.54, 1.807) is 12.1 Å². The zero-order valence-electron chi connectivity index (χ0n) is 16.6. The Hall–Kier alpha value is -3.26.